The van der Waals surface area contributed by atoms with Crippen molar-refractivity contribution in [3.63, 3.8) is 0 Å². The van der Waals surface area contributed by atoms with Crippen LogP contribution in [0.15, 0.2) is 60.3 Å². The van der Waals surface area contributed by atoms with E-state index in [1.807, 2.05) is 51.1 Å². The lowest BCUT2D eigenvalue weighted by molar-refractivity contribution is -0.112. The summed E-state index contributed by atoms with van der Waals surface area (Å²) in [5, 5.41) is 26.7. The van der Waals surface area contributed by atoms with Crippen molar-refractivity contribution in [2.75, 3.05) is 10.6 Å². The van der Waals surface area contributed by atoms with Gasteiger partial charge in [0.15, 0.2) is 0 Å². The lowest BCUT2D eigenvalue weighted by Gasteiger charge is -2.13. The van der Waals surface area contributed by atoms with Crippen LogP contribution in [0.25, 0.3) is 10.8 Å². The number of hydrogen-bond acceptors (Lipinski definition) is 4. The molecule has 28 heavy (non-hydrogen) atoms. The smallest absolute Gasteiger partial charge is 0.267 e. The molecule has 0 bridgehead atoms. The van der Waals surface area contributed by atoms with Crippen LogP contribution >= 0.6 is 0 Å². The monoisotopic (exact) mass is 371 g/mol. The van der Waals surface area contributed by atoms with E-state index < -0.39 is 5.91 Å². The van der Waals surface area contributed by atoms with Gasteiger partial charge in [-0.15, -0.1) is 0 Å². The minimum absolute atomic E-state index is 0.0449. The number of fused-ring (bicyclic) bond motifs is 1. The zero-order valence-corrected chi connectivity index (χ0v) is 16.0. The number of carbonyl (C=O) groups excluding carboxylic acids is 1. The van der Waals surface area contributed by atoms with Crippen LogP contribution in [0.2, 0.25) is 0 Å². The molecule has 0 aromatic heterocycles. The average Bonchev–Trinajstić information content (AvgIpc) is 2.65. The Morgan fingerprint density at radius 3 is 2.36 bits per heavy atom. The number of nitrogens with zero attached hydrogens (tertiary/aromatic N) is 1. The van der Waals surface area contributed by atoms with Gasteiger partial charge < -0.3 is 15.7 Å². The third-order valence-electron chi connectivity index (χ3n) is 4.55. The average molecular weight is 371 g/mol. The van der Waals surface area contributed by atoms with E-state index in [9.17, 15) is 15.2 Å². The van der Waals surface area contributed by atoms with Crippen LogP contribution in [0.3, 0.4) is 0 Å². The Labute approximate surface area is 163 Å². The van der Waals surface area contributed by atoms with Crippen molar-refractivity contribution in [3.05, 3.63) is 77.0 Å². The molecule has 0 saturated heterocycles. The van der Waals surface area contributed by atoms with Crippen molar-refractivity contribution in [2.45, 2.75) is 20.8 Å². The fourth-order valence-electron chi connectivity index (χ4n) is 3.28. The predicted octanol–water partition coefficient (Wildman–Crippen LogP) is 4.93. The van der Waals surface area contributed by atoms with E-state index in [1.54, 1.807) is 24.3 Å². The maximum absolute atomic E-state index is 12.6. The van der Waals surface area contributed by atoms with Gasteiger partial charge in [0.2, 0.25) is 0 Å². The number of amides is 1. The Bertz CT molecular complexity index is 1120. The molecule has 0 atom stereocenters. The van der Waals surface area contributed by atoms with Gasteiger partial charge in [0.05, 0.1) is 0 Å². The molecule has 0 saturated carbocycles. The summed E-state index contributed by atoms with van der Waals surface area (Å²) in [5.41, 5.74) is 4.37. The first-order chi connectivity index (χ1) is 13.4. The summed E-state index contributed by atoms with van der Waals surface area (Å²) in [6.45, 7) is 5.84. The predicted molar refractivity (Wildman–Crippen MR) is 112 cm³/mol. The summed E-state index contributed by atoms with van der Waals surface area (Å²) in [6.07, 6.45) is 1.38. The number of benzene rings is 3. The Morgan fingerprint density at radius 2 is 1.68 bits per heavy atom. The maximum atomic E-state index is 12.6. The molecule has 0 aliphatic carbocycles. The molecule has 0 heterocycles. The number of aryl methyl sites for hydroxylation is 3. The number of rotatable bonds is 4. The van der Waals surface area contributed by atoms with E-state index >= 15 is 0 Å². The summed E-state index contributed by atoms with van der Waals surface area (Å²) >= 11 is 0. The molecule has 0 unspecified atom stereocenters. The third-order valence-corrected chi connectivity index (χ3v) is 4.55. The van der Waals surface area contributed by atoms with Crippen molar-refractivity contribution in [1.29, 1.82) is 5.26 Å². The summed E-state index contributed by atoms with van der Waals surface area (Å²) in [5.74, 6) is -0.304. The van der Waals surface area contributed by atoms with E-state index in [1.165, 1.54) is 6.20 Å². The Morgan fingerprint density at radius 1 is 1.04 bits per heavy atom. The normalized spacial score (nSPS) is 11.1. The number of anilines is 2. The minimum Gasteiger partial charge on any atom is -0.507 e. The molecule has 5 heteroatoms. The number of aromatic hydroxyl groups is 1. The Balaban J connectivity index is 1.87. The molecule has 0 fully saturated rings. The molecule has 3 aromatic rings. The molecule has 3 N–H and O–H groups in total. The van der Waals surface area contributed by atoms with Gasteiger partial charge in [-0.2, -0.15) is 5.26 Å². The standard InChI is InChI=1S/C23H21N3O2/c1-14-10-15(2)22(16(3)11-14)26-23(28)17(12-24)13-25-20-8-4-7-19-18(20)6-5-9-21(19)27/h4-11,13,25,27H,1-3H3,(H,26,28)/b17-13-. The number of phenols is 1. The van der Waals surface area contributed by atoms with Gasteiger partial charge in [-0.3, -0.25) is 4.79 Å². The van der Waals surface area contributed by atoms with Crippen LogP contribution in [-0.2, 0) is 4.79 Å². The first-order valence-corrected chi connectivity index (χ1v) is 8.87. The van der Waals surface area contributed by atoms with Crippen molar-refractivity contribution < 1.29 is 9.90 Å². The molecular formula is C23H21N3O2. The number of hydrogen-bond donors (Lipinski definition) is 3. The van der Waals surface area contributed by atoms with Gasteiger partial charge in [-0.25, -0.2) is 0 Å². The van der Waals surface area contributed by atoms with Crippen LogP contribution in [0.4, 0.5) is 11.4 Å². The lowest BCUT2D eigenvalue weighted by atomic mass is 10.0. The molecule has 5 nitrogen and oxygen atoms in total. The summed E-state index contributed by atoms with van der Waals surface area (Å²) in [6, 6.07) is 16.5. The van der Waals surface area contributed by atoms with Crippen LogP contribution in [0.5, 0.6) is 5.75 Å². The largest absolute Gasteiger partial charge is 0.507 e. The van der Waals surface area contributed by atoms with Gasteiger partial charge in [-0.05, 0) is 44.0 Å². The van der Waals surface area contributed by atoms with Gasteiger partial charge in [-0.1, -0.05) is 42.0 Å². The molecule has 140 valence electrons. The van der Waals surface area contributed by atoms with E-state index in [0.29, 0.717) is 16.8 Å². The highest BCUT2D eigenvalue weighted by atomic mass is 16.3. The van der Waals surface area contributed by atoms with Crippen molar-refractivity contribution >= 4 is 28.1 Å². The number of nitrogens with one attached hydrogen (secondary N) is 2. The topological polar surface area (TPSA) is 85.2 Å². The molecule has 3 aromatic carbocycles. The molecule has 1 amide bonds. The van der Waals surface area contributed by atoms with Crippen molar-refractivity contribution in [2.24, 2.45) is 0 Å². The van der Waals surface area contributed by atoms with Crippen LogP contribution in [0, 0.1) is 32.1 Å². The van der Waals surface area contributed by atoms with E-state index in [0.717, 1.165) is 22.1 Å². The highest BCUT2D eigenvalue weighted by molar-refractivity contribution is 6.07. The van der Waals surface area contributed by atoms with Crippen LogP contribution < -0.4 is 10.6 Å². The molecule has 0 spiro atoms. The maximum Gasteiger partial charge on any atom is 0.267 e. The molecule has 0 radical (unpaired) electrons. The SMILES string of the molecule is Cc1cc(C)c(NC(=O)/C(C#N)=C\Nc2cccc3c(O)cccc23)c(C)c1. The Hall–Kier alpha value is -3.78. The van der Waals surface area contributed by atoms with Gasteiger partial charge in [0, 0.05) is 28.3 Å². The first kappa shape index (κ1) is 19.0. The fourth-order valence-corrected chi connectivity index (χ4v) is 3.28. The Kier molecular flexibility index (Phi) is 5.32. The number of nitriles is 1. The number of phenolic OH excluding ortho intramolecular Hbond substituents is 1. The quantitative estimate of drug-likeness (QED) is 0.448. The fraction of sp³-hybridized carbons (Fsp3) is 0.130. The lowest BCUT2D eigenvalue weighted by Crippen LogP contribution is -2.16. The highest BCUT2D eigenvalue weighted by Gasteiger charge is 2.13. The van der Waals surface area contributed by atoms with Gasteiger partial charge in [0.1, 0.15) is 17.4 Å². The summed E-state index contributed by atoms with van der Waals surface area (Å²) in [4.78, 5) is 12.6. The second kappa shape index (κ2) is 7.85. The molecular weight excluding hydrogens is 350 g/mol. The number of carbonyl (C=O) groups is 1. The second-order valence-electron chi connectivity index (χ2n) is 6.72. The van der Waals surface area contributed by atoms with Crippen molar-refractivity contribution in [1.82, 2.24) is 0 Å². The first-order valence-electron chi connectivity index (χ1n) is 8.87. The molecule has 0 aliphatic rings. The molecule has 3 rings (SSSR count). The molecule has 0 aliphatic heterocycles. The van der Waals surface area contributed by atoms with Crippen LogP contribution in [-0.4, -0.2) is 11.0 Å². The zero-order valence-electron chi connectivity index (χ0n) is 16.0. The van der Waals surface area contributed by atoms with Gasteiger partial charge >= 0.3 is 0 Å². The van der Waals surface area contributed by atoms with E-state index in [2.05, 4.69) is 10.6 Å². The minimum atomic E-state index is -0.479. The van der Waals surface area contributed by atoms with Gasteiger partial charge in [0.25, 0.3) is 5.91 Å². The zero-order chi connectivity index (χ0) is 20.3. The third kappa shape index (κ3) is 3.81. The van der Waals surface area contributed by atoms with Crippen LogP contribution in [0.1, 0.15) is 16.7 Å². The highest BCUT2D eigenvalue weighted by Crippen LogP contribution is 2.30. The van der Waals surface area contributed by atoms with Crippen molar-refractivity contribution in [3.8, 4) is 11.8 Å². The van der Waals surface area contributed by atoms with E-state index in [4.69, 9.17) is 0 Å². The summed E-state index contributed by atoms with van der Waals surface area (Å²) in [7, 11) is 0. The second-order valence-corrected chi connectivity index (χ2v) is 6.72. The summed E-state index contributed by atoms with van der Waals surface area (Å²) < 4.78 is 0. The van der Waals surface area contributed by atoms with E-state index in [-0.39, 0.29) is 11.3 Å².